The Labute approximate surface area is 265 Å². The van der Waals surface area contributed by atoms with E-state index in [1.807, 2.05) is 0 Å². The van der Waals surface area contributed by atoms with E-state index >= 15 is 0 Å². The van der Waals surface area contributed by atoms with E-state index in [1.54, 1.807) is 0 Å². The molecule has 0 unspecified atom stereocenters. The maximum absolute atomic E-state index is 8.74. The van der Waals surface area contributed by atoms with Crippen LogP contribution in [-0.4, -0.2) is 255 Å². The third kappa shape index (κ3) is 5470. The molecule has 0 rings (SSSR count). The third-order valence-electron chi connectivity index (χ3n) is 0. The topological polar surface area (TPSA) is 395 Å². The van der Waals surface area contributed by atoms with E-state index in [0.717, 1.165) is 0 Å². The van der Waals surface area contributed by atoms with Gasteiger partial charge >= 0.3 is 180 Å². The van der Waals surface area contributed by atoms with Crippen LogP contribution in [-0.2, 0) is 9.17 Å². The normalized spacial score (nSPS) is 5.29. The van der Waals surface area contributed by atoms with E-state index < -0.39 is 44.6 Å². The predicted octanol–water partition coefficient (Wildman–Crippen LogP) is -13.2. The molecule has 0 atom stereocenters. The monoisotopic (exact) mass is 528 g/mol. The first-order valence-corrected chi connectivity index (χ1v) is 6.20. The summed E-state index contributed by atoms with van der Waals surface area (Å²) in [5.74, 6) is 0. The van der Waals surface area contributed by atoms with E-state index in [2.05, 4.69) is 0 Å². The molecule has 168 valence electrons. The molecule has 0 aromatic heterocycles. The van der Waals surface area contributed by atoms with Crippen molar-refractivity contribution in [3.8, 4) is 0 Å². The van der Waals surface area contributed by atoms with Gasteiger partial charge < -0.3 is 80.1 Å². The Bertz CT molecular complexity index is 231. The van der Waals surface area contributed by atoms with Crippen LogP contribution in [0.15, 0.2) is 0 Å². The zero-order valence-corrected chi connectivity index (χ0v) is 13.7. The summed E-state index contributed by atoms with van der Waals surface area (Å²) in [6.07, 6.45) is -1.83. The van der Waals surface area contributed by atoms with Gasteiger partial charge in [-0.25, -0.2) is 4.79 Å². The number of rotatable bonds is 0. The minimum absolute atomic E-state index is 0. The average molecular weight is 527 g/mol. The Hall–Kier alpha value is 2.33. The fraction of sp³-hybridized carbons (Fsp3) is 0. The van der Waals surface area contributed by atoms with Gasteiger partial charge in [0, 0.05) is 0 Å². The summed E-state index contributed by atoms with van der Waals surface area (Å²) in [7, 11) is -12.0. The van der Waals surface area contributed by atoms with Crippen molar-refractivity contribution in [2.45, 2.75) is 0 Å². The van der Waals surface area contributed by atoms with Gasteiger partial charge in [0.2, 0.25) is 0 Å². The van der Waals surface area contributed by atoms with Crippen LogP contribution in [0.25, 0.3) is 0 Å². The first-order valence-electron chi connectivity index (χ1n) is 4.89. The van der Waals surface area contributed by atoms with Gasteiger partial charge in [0.25, 0.3) is 0 Å². The number of carbonyl (C=O) groups is 1. The van der Waals surface area contributed by atoms with E-state index in [4.69, 9.17) is 99.1 Å². The van der Waals surface area contributed by atoms with Crippen molar-refractivity contribution in [2.24, 2.45) is 0 Å². The third-order valence-corrected chi connectivity index (χ3v) is 0. The molecule has 0 bridgehead atoms. The maximum atomic E-state index is 8.74. The van der Waals surface area contributed by atoms with Crippen molar-refractivity contribution in [3.05, 3.63) is 0 Å². The Morgan fingerprint density at radius 1 is 0.581 bits per heavy atom. The molecule has 30 heteroatoms. The number of hydrogen-bond donors (Lipinski definition) is 17. The van der Waals surface area contributed by atoms with Gasteiger partial charge in [-0.1, -0.05) is 0 Å². The van der Waals surface area contributed by atoms with E-state index in [9.17, 15) is 0 Å². The van der Waals surface area contributed by atoms with Crippen molar-refractivity contribution in [1.29, 1.82) is 0 Å². The second-order valence-electron chi connectivity index (χ2n) is 2.06. The van der Waals surface area contributed by atoms with Crippen LogP contribution >= 0.6 is 0 Å². The molecule has 17 N–H and O–H groups in total. The molecule has 0 radical (unpaired) electrons. The predicted molar refractivity (Wildman–Crippen MR) is 108 cm³/mol. The van der Waals surface area contributed by atoms with Gasteiger partial charge in [0.1, 0.15) is 0 Å². The molecule has 0 aliphatic rings. The summed E-state index contributed by atoms with van der Waals surface area (Å²) in [5, 5.41) is 107. The van der Waals surface area contributed by atoms with Crippen LogP contribution in [0.3, 0.4) is 0 Å². The van der Waals surface area contributed by atoms with E-state index in [-0.39, 0.29) is 126 Å². The molecule has 0 saturated carbocycles. The van der Waals surface area contributed by atoms with Crippen molar-refractivity contribution < 1.29 is 99.1 Å². The quantitative estimate of drug-likeness (QED) is 0.130. The summed E-state index contributed by atoms with van der Waals surface area (Å²) in [6.45, 7) is 0. The van der Waals surface area contributed by atoms with E-state index in [1.165, 1.54) is 0 Å². The minimum atomic E-state index is -3.13. The summed E-state index contributed by atoms with van der Waals surface area (Å²) >= 11 is 0. The van der Waals surface area contributed by atoms with Crippen LogP contribution < -0.4 is 0 Å². The molecule has 0 spiro atoms. The molecule has 0 aliphatic heterocycles. The van der Waals surface area contributed by atoms with Gasteiger partial charge in [0.15, 0.2) is 0 Å². The molecule has 0 aromatic rings. The van der Waals surface area contributed by atoms with Gasteiger partial charge in [0.05, 0.1) is 0 Å². The molecule has 0 saturated heterocycles. The van der Waals surface area contributed by atoms with Crippen molar-refractivity contribution in [3.63, 3.8) is 0 Å². The fourth-order valence-electron chi connectivity index (χ4n) is 0. The molecular weight excluding hydrogens is 506 g/mol. The van der Waals surface area contributed by atoms with Crippen LogP contribution in [0.2, 0.25) is 0 Å². The summed E-state index contributed by atoms with van der Waals surface area (Å²) < 4.78 is 17.1. The van der Waals surface area contributed by atoms with Gasteiger partial charge in [-0.3, -0.25) is 4.46 Å². The molecule has 31 heavy (non-hydrogen) atoms. The first-order chi connectivity index (χ1) is 11.8. The zero-order chi connectivity index (χ0) is 24.2. The Balaban J connectivity index is -0.0000000164. The molecule has 0 fully saturated rings. The standard InChI is InChI=1S/CH2O3.4BH3O3.BHO2.4Na.H2O3Si.4H/c5*2-1(3)4;2-1-3;;;;;1-4(2)3;;;;/h(H2,2,3,4);4*2-4H;2H;;;;;1-2H;;;;. The second-order valence-corrected chi connectivity index (χ2v) is 2.62. The summed E-state index contributed by atoms with van der Waals surface area (Å²) in [4.78, 5) is 22.9. The number of carboxylic acid groups (broad SMARTS) is 2. The Morgan fingerprint density at radius 3 is 0.581 bits per heavy atom. The van der Waals surface area contributed by atoms with Gasteiger partial charge in [-0.2, -0.15) is 0 Å². The van der Waals surface area contributed by atoms with E-state index in [0.29, 0.717) is 0 Å². The van der Waals surface area contributed by atoms with Crippen molar-refractivity contribution >= 4 is 170 Å². The van der Waals surface area contributed by atoms with Crippen LogP contribution in [0.5, 0.6) is 0 Å². The van der Waals surface area contributed by atoms with Gasteiger partial charge in [-0.05, 0) is 0 Å². The summed E-state index contributed by atoms with van der Waals surface area (Å²) in [5.41, 5.74) is 0. The van der Waals surface area contributed by atoms with Crippen LogP contribution in [0.4, 0.5) is 4.79 Å². The van der Waals surface area contributed by atoms with Crippen molar-refractivity contribution in [2.75, 3.05) is 0 Å². The molecule has 0 aliphatic carbocycles. The Kier molecular flexibility index (Phi) is 157. The Morgan fingerprint density at radius 2 is 0.581 bits per heavy atom. The average Bonchev–Trinajstić information content (AvgIpc) is 2.22. The van der Waals surface area contributed by atoms with Crippen LogP contribution in [0.1, 0.15) is 0 Å². The summed E-state index contributed by atoms with van der Waals surface area (Å²) in [6, 6.07) is 0. The SMILES string of the molecule is O=BO.O=C(O)O.O=[Si](O)O.OB(O)O.OB(O)O.OB(O)O.OB(O)O.[NaH].[NaH].[NaH].[NaH]. The molecule has 0 aromatic carbocycles. The van der Waals surface area contributed by atoms with Crippen LogP contribution in [0, 0.1) is 0 Å². The molecule has 0 amide bonds. The van der Waals surface area contributed by atoms with Gasteiger partial charge in [-0.15, -0.1) is 0 Å². The second kappa shape index (κ2) is 69.8. The first kappa shape index (κ1) is 69.9. The fourth-order valence-corrected chi connectivity index (χ4v) is 0. The van der Waals surface area contributed by atoms with Crippen molar-refractivity contribution in [1.82, 2.24) is 0 Å². The number of hydrogen-bond acceptors (Lipinski definition) is 15. The zero-order valence-electron chi connectivity index (χ0n) is 12.7. The molecule has 0 heterocycles. The molecular formula is CH21B5Na4O20Si. The molecule has 20 nitrogen and oxygen atoms in total.